The van der Waals surface area contributed by atoms with Crippen molar-refractivity contribution in [3.05, 3.63) is 29.0 Å². The van der Waals surface area contributed by atoms with Gasteiger partial charge in [0.15, 0.2) is 0 Å². The minimum atomic E-state index is 0.753. The van der Waals surface area contributed by atoms with E-state index in [4.69, 9.17) is 11.6 Å². The van der Waals surface area contributed by atoms with E-state index < -0.39 is 0 Å². The molecule has 1 aromatic rings. The number of nitrogens with one attached hydrogen (secondary N) is 1. The van der Waals surface area contributed by atoms with E-state index in [0.717, 1.165) is 29.6 Å². The molecule has 0 saturated carbocycles. The molecule has 0 atom stereocenters. The van der Waals surface area contributed by atoms with Crippen LogP contribution in [0.4, 0.5) is 0 Å². The lowest BCUT2D eigenvalue weighted by Gasteiger charge is -2.29. The fourth-order valence-corrected chi connectivity index (χ4v) is 2.41. The second-order valence-corrected chi connectivity index (χ2v) is 5.25. The maximum absolute atomic E-state index is 6.06. The van der Waals surface area contributed by atoms with Gasteiger partial charge in [-0.05, 0) is 57.1 Å². The second kappa shape index (κ2) is 6.34. The number of hydrogen-bond acceptors (Lipinski definition) is 3. The van der Waals surface area contributed by atoms with Gasteiger partial charge < -0.3 is 10.2 Å². The molecule has 4 heteroatoms. The highest BCUT2D eigenvalue weighted by molar-refractivity contribution is 6.31. The van der Waals surface area contributed by atoms with Crippen LogP contribution < -0.4 is 5.32 Å². The number of nitrogens with zero attached hydrogens (tertiary/aromatic N) is 2. The van der Waals surface area contributed by atoms with Crippen LogP contribution in [0.25, 0.3) is 0 Å². The molecular formula is C13H20ClN3. The molecule has 0 aliphatic carbocycles. The number of pyridine rings is 1. The van der Waals surface area contributed by atoms with Gasteiger partial charge in [-0.1, -0.05) is 11.6 Å². The smallest absolute Gasteiger partial charge is 0.0634 e. The van der Waals surface area contributed by atoms with Gasteiger partial charge in [-0.25, -0.2) is 0 Å². The molecule has 1 aromatic heterocycles. The third kappa shape index (κ3) is 3.95. The van der Waals surface area contributed by atoms with Gasteiger partial charge in [-0.2, -0.15) is 0 Å². The lowest BCUT2D eigenvalue weighted by molar-refractivity contribution is 0.216. The van der Waals surface area contributed by atoms with Crippen molar-refractivity contribution in [2.45, 2.75) is 19.4 Å². The third-order valence-corrected chi connectivity index (χ3v) is 3.78. The average Bonchev–Trinajstić information content (AvgIpc) is 2.34. The van der Waals surface area contributed by atoms with E-state index in [1.54, 1.807) is 12.4 Å². The summed E-state index contributed by atoms with van der Waals surface area (Å²) in [5, 5.41) is 4.25. The number of likely N-dealkylation sites (tertiary alicyclic amines) is 1. The highest BCUT2D eigenvalue weighted by Crippen LogP contribution is 2.16. The van der Waals surface area contributed by atoms with Crippen molar-refractivity contribution < 1.29 is 0 Å². The molecule has 1 N–H and O–H groups in total. The van der Waals surface area contributed by atoms with E-state index in [0.29, 0.717) is 0 Å². The van der Waals surface area contributed by atoms with Gasteiger partial charge in [-0.3, -0.25) is 4.98 Å². The molecule has 2 rings (SSSR count). The predicted molar refractivity (Wildman–Crippen MR) is 71.2 cm³/mol. The summed E-state index contributed by atoms with van der Waals surface area (Å²) < 4.78 is 0. The molecule has 2 heterocycles. The SMILES string of the molecule is CN1CCC(CNCc2ccncc2Cl)CC1. The Bertz CT molecular complexity index is 348. The van der Waals surface area contributed by atoms with E-state index in [1.807, 2.05) is 6.07 Å². The highest BCUT2D eigenvalue weighted by atomic mass is 35.5. The molecule has 1 saturated heterocycles. The zero-order valence-corrected chi connectivity index (χ0v) is 11.1. The number of halogens is 1. The lowest BCUT2D eigenvalue weighted by Crippen LogP contribution is -2.34. The Labute approximate surface area is 108 Å². The molecule has 0 unspecified atom stereocenters. The van der Waals surface area contributed by atoms with Gasteiger partial charge in [0.1, 0.15) is 0 Å². The molecule has 1 fully saturated rings. The molecule has 17 heavy (non-hydrogen) atoms. The lowest BCUT2D eigenvalue weighted by atomic mass is 9.97. The van der Waals surface area contributed by atoms with Crippen LogP contribution in [0.15, 0.2) is 18.5 Å². The minimum Gasteiger partial charge on any atom is -0.312 e. The van der Waals surface area contributed by atoms with Gasteiger partial charge in [0.25, 0.3) is 0 Å². The maximum atomic E-state index is 6.06. The fourth-order valence-electron chi connectivity index (χ4n) is 2.22. The molecule has 0 amide bonds. The van der Waals surface area contributed by atoms with Crippen LogP contribution in [-0.2, 0) is 6.54 Å². The van der Waals surface area contributed by atoms with Gasteiger partial charge in [0.05, 0.1) is 5.02 Å². The highest BCUT2D eigenvalue weighted by Gasteiger charge is 2.15. The predicted octanol–water partition coefficient (Wildman–Crippen LogP) is 2.17. The maximum Gasteiger partial charge on any atom is 0.0634 e. The van der Waals surface area contributed by atoms with Crippen molar-refractivity contribution in [2.75, 3.05) is 26.7 Å². The van der Waals surface area contributed by atoms with E-state index in [-0.39, 0.29) is 0 Å². The van der Waals surface area contributed by atoms with Crippen LogP contribution in [-0.4, -0.2) is 36.6 Å². The topological polar surface area (TPSA) is 28.2 Å². The normalized spacial score (nSPS) is 18.5. The van der Waals surface area contributed by atoms with Gasteiger partial charge in [-0.15, -0.1) is 0 Å². The standard InChI is InChI=1S/C13H20ClN3/c1-17-6-3-11(4-7-17)8-16-9-12-2-5-15-10-13(12)14/h2,5,10-11,16H,3-4,6-9H2,1H3. The Morgan fingerprint density at radius 3 is 2.94 bits per heavy atom. The Morgan fingerprint density at radius 2 is 2.24 bits per heavy atom. The first kappa shape index (κ1) is 12.8. The van der Waals surface area contributed by atoms with E-state index >= 15 is 0 Å². The Kier molecular flexibility index (Phi) is 4.77. The van der Waals surface area contributed by atoms with Crippen molar-refractivity contribution >= 4 is 11.6 Å². The molecule has 1 aliphatic heterocycles. The average molecular weight is 254 g/mol. The summed E-state index contributed by atoms with van der Waals surface area (Å²) in [7, 11) is 2.19. The van der Waals surface area contributed by atoms with Gasteiger partial charge in [0.2, 0.25) is 0 Å². The fraction of sp³-hybridized carbons (Fsp3) is 0.615. The molecule has 3 nitrogen and oxygen atoms in total. The summed E-state index contributed by atoms with van der Waals surface area (Å²) in [6, 6.07) is 1.98. The quantitative estimate of drug-likeness (QED) is 0.892. The van der Waals surface area contributed by atoms with Gasteiger partial charge >= 0.3 is 0 Å². The largest absolute Gasteiger partial charge is 0.312 e. The monoisotopic (exact) mass is 253 g/mol. The summed E-state index contributed by atoms with van der Waals surface area (Å²) in [5.41, 5.74) is 1.13. The van der Waals surface area contributed by atoms with E-state index in [1.165, 1.54) is 25.9 Å². The zero-order chi connectivity index (χ0) is 12.1. The Balaban J connectivity index is 1.71. The van der Waals surface area contributed by atoms with Crippen LogP contribution >= 0.6 is 11.6 Å². The first-order valence-corrected chi connectivity index (χ1v) is 6.61. The van der Waals surface area contributed by atoms with Crippen molar-refractivity contribution in [1.29, 1.82) is 0 Å². The number of hydrogen-bond donors (Lipinski definition) is 1. The van der Waals surface area contributed by atoms with Gasteiger partial charge in [0, 0.05) is 18.9 Å². The summed E-state index contributed by atoms with van der Waals surface area (Å²) in [6.07, 6.45) is 6.09. The first-order chi connectivity index (χ1) is 8.25. The Hall–Kier alpha value is -0.640. The van der Waals surface area contributed by atoms with Crippen LogP contribution in [0.2, 0.25) is 5.02 Å². The number of piperidine rings is 1. The van der Waals surface area contributed by atoms with Crippen LogP contribution in [0.5, 0.6) is 0 Å². The molecule has 0 spiro atoms. The molecule has 0 aromatic carbocycles. The Morgan fingerprint density at radius 1 is 1.47 bits per heavy atom. The summed E-state index contributed by atoms with van der Waals surface area (Å²) in [5.74, 6) is 0.812. The number of rotatable bonds is 4. The van der Waals surface area contributed by atoms with Crippen molar-refractivity contribution in [3.8, 4) is 0 Å². The summed E-state index contributed by atoms with van der Waals surface area (Å²) in [6.45, 7) is 4.38. The van der Waals surface area contributed by atoms with Crippen molar-refractivity contribution in [3.63, 3.8) is 0 Å². The molecule has 94 valence electrons. The first-order valence-electron chi connectivity index (χ1n) is 6.23. The summed E-state index contributed by atoms with van der Waals surface area (Å²) >= 11 is 6.06. The van der Waals surface area contributed by atoms with E-state index in [2.05, 4.69) is 22.2 Å². The zero-order valence-electron chi connectivity index (χ0n) is 10.3. The van der Waals surface area contributed by atoms with Crippen molar-refractivity contribution in [1.82, 2.24) is 15.2 Å². The van der Waals surface area contributed by atoms with Crippen LogP contribution in [0, 0.1) is 5.92 Å². The third-order valence-electron chi connectivity index (χ3n) is 3.44. The van der Waals surface area contributed by atoms with Crippen molar-refractivity contribution in [2.24, 2.45) is 5.92 Å². The second-order valence-electron chi connectivity index (χ2n) is 4.84. The molecular weight excluding hydrogens is 234 g/mol. The van der Waals surface area contributed by atoms with Crippen LogP contribution in [0.1, 0.15) is 18.4 Å². The summed E-state index contributed by atoms with van der Waals surface area (Å²) in [4.78, 5) is 6.38. The molecule has 1 aliphatic rings. The van der Waals surface area contributed by atoms with Crippen LogP contribution in [0.3, 0.4) is 0 Å². The van der Waals surface area contributed by atoms with E-state index in [9.17, 15) is 0 Å². The number of aromatic nitrogens is 1. The molecule has 0 bridgehead atoms. The minimum absolute atomic E-state index is 0.753. The molecule has 0 radical (unpaired) electrons.